The lowest BCUT2D eigenvalue weighted by Gasteiger charge is -2.02. The Morgan fingerprint density at radius 2 is 2.00 bits per heavy atom. The van der Waals surface area contributed by atoms with Crippen molar-refractivity contribution in [3.8, 4) is 0 Å². The zero-order valence-electron chi connectivity index (χ0n) is 9.66. The van der Waals surface area contributed by atoms with Crippen LogP contribution >= 0.6 is 0 Å². The van der Waals surface area contributed by atoms with E-state index in [4.69, 9.17) is 9.29 Å². The lowest BCUT2D eigenvalue weighted by molar-refractivity contribution is -0.385. The first-order chi connectivity index (χ1) is 8.11. The zero-order valence-corrected chi connectivity index (χ0v) is 10.5. The van der Waals surface area contributed by atoms with Gasteiger partial charge in [0.25, 0.3) is 5.69 Å². The fraction of sp³-hybridized carbons (Fsp3) is 0.400. The van der Waals surface area contributed by atoms with Gasteiger partial charge in [0, 0.05) is 6.07 Å². The average Bonchev–Trinajstić information content (AvgIpc) is 2.31. The van der Waals surface area contributed by atoms with Crippen molar-refractivity contribution >= 4 is 16.8 Å². The van der Waals surface area contributed by atoms with Crippen molar-refractivity contribution in [2.45, 2.75) is 20.5 Å². The second-order valence-electron chi connectivity index (χ2n) is 2.67. The van der Waals surface area contributed by atoms with Crippen molar-refractivity contribution in [3.63, 3.8) is 0 Å². The van der Waals surface area contributed by atoms with Crippen LogP contribution in [0.2, 0.25) is 0 Å². The molecule has 0 aliphatic heterocycles. The summed E-state index contributed by atoms with van der Waals surface area (Å²) in [5.74, 6) is -0.355. The lowest BCUT2D eigenvalue weighted by Crippen LogP contribution is -2.03. The maximum absolute atomic E-state index is 10.6. The number of nitrogens with zero attached hydrogens (tertiary/aromatic N) is 1. The molecule has 96 valence electrons. The Labute approximate surface area is 102 Å². The maximum atomic E-state index is 10.6. The molecule has 1 aromatic rings. The molecule has 0 aliphatic rings. The Morgan fingerprint density at radius 1 is 1.41 bits per heavy atom. The van der Waals surface area contributed by atoms with Gasteiger partial charge >= 0.3 is 0 Å². The Bertz CT molecular complexity index is 383. The van der Waals surface area contributed by atoms with Crippen LogP contribution in [0.1, 0.15) is 19.4 Å². The summed E-state index contributed by atoms with van der Waals surface area (Å²) in [5, 5.41) is 10.6. The van der Waals surface area contributed by atoms with Gasteiger partial charge in [-0.05, 0) is 6.07 Å². The van der Waals surface area contributed by atoms with Crippen LogP contribution in [0.3, 0.4) is 0 Å². The average molecular weight is 261 g/mol. The standard InChI is InChI=1S/C8H9NO5S.C2H6/c10-9(11)8-4-2-1-3-7(8)5-14-6-15(12)13;1-2/h1-4H,5-6H2,(H,12,13);1-2H3. The van der Waals surface area contributed by atoms with E-state index in [-0.39, 0.29) is 18.2 Å². The second-order valence-corrected chi connectivity index (χ2v) is 3.55. The molecule has 7 heteroatoms. The molecule has 0 saturated carbocycles. The minimum atomic E-state index is -2.05. The first-order valence-corrected chi connectivity index (χ1v) is 6.26. The number of ether oxygens (including phenoxy) is 1. The van der Waals surface area contributed by atoms with Crippen molar-refractivity contribution in [3.05, 3.63) is 39.9 Å². The van der Waals surface area contributed by atoms with Gasteiger partial charge in [-0.2, -0.15) is 0 Å². The number of hydrogen-bond acceptors (Lipinski definition) is 4. The highest BCUT2D eigenvalue weighted by Gasteiger charge is 2.11. The zero-order chi connectivity index (χ0) is 13.3. The maximum Gasteiger partial charge on any atom is 0.274 e. The fourth-order valence-electron chi connectivity index (χ4n) is 1.03. The van der Waals surface area contributed by atoms with Gasteiger partial charge in [-0.3, -0.25) is 10.1 Å². The summed E-state index contributed by atoms with van der Waals surface area (Å²) in [4.78, 5) is 10.0. The number of para-hydroxylation sites is 1. The molecule has 0 radical (unpaired) electrons. The summed E-state index contributed by atoms with van der Waals surface area (Å²) >= 11 is -2.05. The lowest BCUT2D eigenvalue weighted by atomic mass is 10.2. The SMILES string of the molecule is CC.O=[N+]([O-])c1ccccc1COCS(=O)O. The predicted molar refractivity (Wildman–Crippen MR) is 64.9 cm³/mol. The van der Waals surface area contributed by atoms with E-state index >= 15 is 0 Å². The quantitative estimate of drug-likeness (QED) is 0.499. The molecule has 1 N–H and O–H groups in total. The number of hydrogen-bond donors (Lipinski definition) is 1. The highest BCUT2D eigenvalue weighted by molar-refractivity contribution is 7.79. The molecule has 0 fully saturated rings. The molecule has 0 amide bonds. The molecule has 0 spiro atoms. The number of nitro groups is 1. The highest BCUT2D eigenvalue weighted by Crippen LogP contribution is 2.18. The number of nitro benzene ring substituents is 1. The van der Waals surface area contributed by atoms with E-state index in [1.807, 2.05) is 13.8 Å². The number of benzene rings is 1. The smallest absolute Gasteiger partial charge is 0.274 e. The van der Waals surface area contributed by atoms with E-state index in [1.54, 1.807) is 18.2 Å². The minimum Gasteiger partial charge on any atom is -0.361 e. The molecule has 0 bridgehead atoms. The topological polar surface area (TPSA) is 89.7 Å². The first-order valence-electron chi connectivity index (χ1n) is 4.98. The molecule has 1 rings (SSSR count). The fourth-order valence-corrected chi connectivity index (χ4v) is 1.26. The summed E-state index contributed by atoms with van der Waals surface area (Å²) in [7, 11) is 0. The monoisotopic (exact) mass is 261 g/mol. The van der Waals surface area contributed by atoms with Crippen LogP contribution in [0.15, 0.2) is 24.3 Å². The van der Waals surface area contributed by atoms with Gasteiger partial charge < -0.3 is 9.29 Å². The molecular formula is C10H15NO5S. The molecule has 1 aromatic carbocycles. The van der Waals surface area contributed by atoms with E-state index in [9.17, 15) is 14.3 Å². The van der Waals surface area contributed by atoms with Crippen LogP contribution in [0.4, 0.5) is 5.69 Å². The molecule has 0 aliphatic carbocycles. The molecule has 0 saturated heterocycles. The summed E-state index contributed by atoms with van der Waals surface area (Å²) in [6.45, 7) is 3.95. The van der Waals surface area contributed by atoms with Crippen molar-refractivity contribution in [2.24, 2.45) is 0 Å². The predicted octanol–water partition coefficient (Wildman–Crippen LogP) is 2.32. The van der Waals surface area contributed by atoms with Gasteiger partial charge in [-0.25, -0.2) is 4.21 Å². The van der Waals surface area contributed by atoms with Crippen LogP contribution in [-0.2, 0) is 22.4 Å². The molecule has 0 heterocycles. The molecule has 1 atom stereocenters. The van der Waals surface area contributed by atoms with Crippen molar-refractivity contribution in [1.29, 1.82) is 0 Å². The summed E-state index contributed by atoms with van der Waals surface area (Å²) < 4.78 is 23.5. The van der Waals surface area contributed by atoms with Crippen molar-refractivity contribution in [2.75, 3.05) is 5.94 Å². The Hall–Kier alpha value is -1.31. The van der Waals surface area contributed by atoms with E-state index < -0.39 is 16.0 Å². The Morgan fingerprint density at radius 3 is 2.53 bits per heavy atom. The Kier molecular flexibility index (Phi) is 8.12. The molecule has 17 heavy (non-hydrogen) atoms. The number of rotatable bonds is 5. The van der Waals surface area contributed by atoms with E-state index in [0.29, 0.717) is 5.56 Å². The van der Waals surface area contributed by atoms with Crippen molar-refractivity contribution in [1.82, 2.24) is 0 Å². The van der Waals surface area contributed by atoms with E-state index in [0.717, 1.165) is 0 Å². The summed E-state index contributed by atoms with van der Waals surface area (Å²) in [6, 6.07) is 6.08. The summed E-state index contributed by atoms with van der Waals surface area (Å²) in [5.41, 5.74) is 0.328. The molecule has 0 aromatic heterocycles. The third-order valence-electron chi connectivity index (χ3n) is 1.63. The van der Waals surface area contributed by atoms with E-state index in [2.05, 4.69) is 0 Å². The van der Waals surface area contributed by atoms with Gasteiger partial charge in [-0.1, -0.05) is 26.0 Å². The third kappa shape index (κ3) is 6.10. The largest absolute Gasteiger partial charge is 0.361 e. The van der Waals surface area contributed by atoms with Gasteiger partial charge in [0.15, 0.2) is 11.1 Å². The van der Waals surface area contributed by atoms with E-state index in [1.165, 1.54) is 6.07 Å². The normalized spacial score (nSPS) is 11.2. The van der Waals surface area contributed by atoms with Crippen LogP contribution in [-0.4, -0.2) is 19.6 Å². The first kappa shape index (κ1) is 15.7. The van der Waals surface area contributed by atoms with Crippen LogP contribution < -0.4 is 0 Å². The van der Waals surface area contributed by atoms with Gasteiger partial charge in [0.2, 0.25) is 0 Å². The third-order valence-corrected chi connectivity index (χ3v) is 2.00. The summed E-state index contributed by atoms with van der Waals surface area (Å²) in [6.07, 6.45) is 0. The molecule has 6 nitrogen and oxygen atoms in total. The van der Waals surface area contributed by atoms with Gasteiger partial charge in [0.1, 0.15) is 5.94 Å². The van der Waals surface area contributed by atoms with Crippen LogP contribution in [0, 0.1) is 10.1 Å². The van der Waals surface area contributed by atoms with Gasteiger partial charge in [-0.15, -0.1) is 0 Å². The van der Waals surface area contributed by atoms with Crippen LogP contribution in [0.25, 0.3) is 0 Å². The van der Waals surface area contributed by atoms with Gasteiger partial charge in [0.05, 0.1) is 17.1 Å². The Balaban J connectivity index is 0.00000121. The second kappa shape index (κ2) is 8.80. The highest BCUT2D eigenvalue weighted by atomic mass is 32.2. The minimum absolute atomic E-state index is 0.0521. The van der Waals surface area contributed by atoms with Crippen LogP contribution in [0.5, 0.6) is 0 Å². The molecular weight excluding hydrogens is 246 g/mol. The van der Waals surface area contributed by atoms with Crippen molar-refractivity contribution < 1.29 is 18.4 Å². The molecule has 1 unspecified atom stereocenters.